The summed E-state index contributed by atoms with van der Waals surface area (Å²) in [5.41, 5.74) is 4.60. The number of aromatic nitrogens is 1. The van der Waals surface area contributed by atoms with Gasteiger partial charge in [0.25, 0.3) is 11.7 Å². The van der Waals surface area contributed by atoms with E-state index in [1.165, 1.54) is 12.0 Å². The molecule has 1 aliphatic rings. The molecule has 4 aromatic rings. The second kappa shape index (κ2) is 8.80. The standard InChI is InChI=1S/C29H26N2O4/c1-4-18-13-15-19(16-14-18)31-26(24-17(2)30-22-11-7-5-9-20(22)24)25(28(33)29(31)34)27(32)21-10-6-8-12-23(21)35-3/h5-16,26,30,32H,4H2,1-3H3/b27-25+. The van der Waals surface area contributed by atoms with Gasteiger partial charge in [-0.15, -0.1) is 0 Å². The summed E-state index contributed by atoms with van der Waals surface area (Å²) in [6.07, 6.45) is 0.859. The predicted octanol–water partition coefficient (Wildman–Crippen LogP) is 5.67. The van der Waals surface area contributed by atoms with Gasteiger partial charge in [-0.25, -0.2) is 0 Å². The molecule has 5 rings (SSSR count). The van der Waals surface area contributed by atoms with Gasteiger partial charge in [-0.3, -0.25) is 14.5 Å². The second-order valence-corrected chi connectivity index (χ2v) is 8.60. The minimum Gasteiger partial charge on any atom is -0.507 e. The number of Topliss-reactive ketones (excluding diaryl/α,β-unsaturated/α-hetero) is 1. The number of carbonyl (C=O) groups is 2. The van der Waals surface area contributed by atoms with Gasteiger partial charge in [-0.2, -0.15) is 0 Å². The average molecular weight is 467 g/mol. The van der Waals surface area contributed by atoms with Crippen LogP contribution in [0.3, 0.4) is 0 Å². The highest BCUT2D eigenvalue weighted by atomic mass is 16.5. The molecule has 1 atom stereocenters. The summed E-state index contributed by atoms with van der Waals surface area (Å²) in [5.74, 6) is -1.26. The average Bonchev–Trinajstić information content (AvgIpc) is 3.35. The minimum atomic E-state index is -0.816. The number of fused-ring (bicyclic) bond motifs is 1. The number of benzene rings is 3. The van der Waals surface area contributed by atoms with Gasteiger partial charge in [0.2, 0.25) is 0 Å². The van der Waals surface area contributed by atoms with Crippen LogP contribution in [0, 0.1) is 6.92 Å². The van der Waals surface area contributed by atoms with Crippen LogP contribution < -0.4 is 9.64 Å². The molecule has 1 saturated heterocycles. The van der Waals surface area contributed by atoms with Crippen LogP contribution in [0.4, 0.5) is 5.69 Å². The molecule has 0 bridgehead atoms. The number of aliphatic hydroxyl groups is 1. The molecule has 1 aromatic heterocycles. The lowest BCUT2D eigenvalue weighted by molar-refractivity contribution is -0.132. The first-order valence-corrected chi connectivity index (χ1v) is 11.6. The number of anilines is 1. The maximum absolute atomic E-state index is 13.5. The molecule has 176 valence electrons. The maximum atomic E-state index is 13.5. The van der Waals surface area contributed by atoms with Crippen LogP contribution >= 0.6 is 0 Å². The number of para-hydroxylation sites is 2. The van der Waals surface area contributed by atoms with Gasteiger partial charge in [-0.1, -0.05) is 49.4 Å². The number of nitrogens with one attached hydrogen (secondary N) is 1. The van der Waals surface area contributed by atoms with Crippen molar-refractivity contribution in [3.63, 3.8) is 0 Å². The van der Waals surface area contributed by atoms with Crippen LogP contribution in [0.15, 0.2) is 78.4 Å². The van der Waals surface area contributed by atoms with Gasteiger partial charge >= 0.3 is 0 Å². The third kappa shape index (κ3) is 3.58. The normalized spacial score (nSPS) is 17.3. The van der Waals surface area contributed by atoms with Crippen molar-refractivity contribution in [3.05, 3.63) is 101 Å². The Balaban J connectivity index is 1.81. The number of amides is 1. The Hall–Kier alpha value is -4.32. The van der Waals surface area contributed by atoms with Crippen molar-refractivity contribution in [2.75, 3.05) is 12.0 Å². The molecule has 0 radical (unpaired) electrons. The molecule has 2 heterocycles. The molecule has 1 amide bonds. The van der Waals surface area contributed by atoms with Crippen molar-refractivity contribution in [2.45, 2.75) is 26.3 Å². The molecule has 6 nitrogen and oxygen atoms in total. The van der Waals surface area contributed by atoms with Crippen molar-refractivity contribution >= 4 is 34.0 Å². The van der Waals surface area contributed by atoms with Crippen LogP contribution in [0.2, 0.25) is 0 Å². The quantitative estimate of drug-likeness (QED) is 0.225. The SMILES string of the molecule is CCc1ccc(N2C(=O)C(=O)/C(=C(/O)c3ccccc3OC)C2c2c(C)[nH]c3ccccc23)cc1. The Morgan fingerprint density at radius 2 is 1.69 bits per heavy atom. The van der Waals surface area contributed by atoms with E-state index in [1.54, 1.807) is 24.3 Å². The van der Waals surface area contributed by atoms with Crippen molar-refractivity contribution in [1.29, 1.82) is 0 Å². The molecule has 35 heavy (non-hydrogen) atoms. The van der Waals surface area contributed by atoms with Gasteiger partial charge in [0.1, 0.15) is 11.5 Å². The number of rotatable bonds is 5. The third-order valence-corrected chi connectivity index (χ3v) is 6.65. The molecular formula is C29H26N2O4. The number of ether oxygens (including phenoxy) is 1. The van der Waals surface area contributed by atoms with Gasteiger partial charge in [0.15, 0.2) is 0 Å². The Morgan fingerprint density at radius 3 is 2.40 bits per heavy atom. The summed E-state index contributed by atoms with van der Waals surface area (Å²) < 4.78 is 5.43. The first-order valence-electron chi connectivity index (χ1n) is 11.6. The molecule has 6 heteroatoms. The summed E-state index contributed by atoms with van der Waals surface area (Å²) in [4.78, 5) is 31.9. The van der Waals surface area contributed by atoms with Gasteiger partial charge < -0.3 is 14.8 Å². The number of aliphatic hydroxyl groups excluding tert-OH is 1. The smallest absolute Gasteiger partial charge is 0.300 e. The molecule has 1 unspecified atom stereocenters. The number of H-pyrrole nitrogens is 1. The fourth-order valence-corrected chi connectivity index (χ4v) is 4.90. The first-order chi connectivity index (χ1) is 17.0. The maximum Gasteiger partial charge on any atom is 0.300 e. The van der Waals surface area contributed by atoms with Crippen LogP contribution in [0.1, 0.15) is 35.3 Å². The molecule has 0 aliphatic carbocycles. The topological polar surface area (TPSA) is 82.6 Å². The lowest BCUT2D eigenvalue weighted by Gasteiger charge is -2.26. The van der Waals surface area contributed by atoms with E-state index in [0.717, 1.165) is 34.1 Å². The van der Waals surface area contributed by atoms with Crippen molar-refractivity contribution in [2.24, 2.45) is 0 Å². The monoisotopic (exact) mass is 466 g/mol. The van der Waals surface area contributed by atoms with Gasteiger partial charge in [0, 0.05) is 27.8 Å². The van der Waals surface area contributed by atoms with E-state index >= 15 is 0 Å². The van der Waals surface area contributed by atoms with Crippen LogP contribution in [0.25, 0.3) is 16.7 Å². The minimum absolute atomic E-state index is 0.0342. The largest absolute Gasteiger partial charge is 0.507 e. The molecule has 0 saturated carbocycles. The Morgan fingerprint density at radius 1 is 1.00 bits per heavy atom. The molecule has 1 aliphatic heterocycles. The highest BCUT2D eigenvalue weighted by Gasteiger charge is 2.48. The molecule has 0 spiro atoms. The summed E-state index contributed by atoms with van der Waals surface area (Å²) in [6, 6.07) is 21.5. The Kier molecular flexibility index (Phi) is 5.65. The molecule has 2 N–H and O–H groups in total. The highest BCUT2D eigenvalue weighted by molar-refractivity contribution is 6.52. The van der Waals surface area contributed by atoms with Crippen molar-refractivity contribution < 1.29 is 19.4 Å². The zero-order valence-electron chi connectivity index (χ0n) is 19.8. The highest BCUT2D eigenvalue weighted by Crippen LogP contribution is 2.46. The number of aromatic amines is 1. The van der Waals surface area contributed by atoms with Crippen LogP contribution in [0.5, 0.6) is 5.75 Å². The Labute approximate surface area is 203 Å². The van der Waals surface area contributed by atoms with Gasteiger partial charge in [-0.05, 0) is 49.2 Å². The lowest BCUT2D eigenvalue weighted by atomic mass is 9.93. The number of nitrogens with zero attached hydrogens (tertiary/aromatic N) is 1. The number of hydrogen-bond donors (Lipinski definition) is 2. The lowest BCUT2D eigenvalue weighted by Crippen LogP contribution is -2.29. The van der Waals surface area contributed by atoms with E-state index in [0.29, 0.717) is 17.0 Å². The zero-order valence-corrected chi connectivity index (χ0v) is 19.8. The Bertz CT molecular complexity index is 1480. The predicted molar refractivity (Wildman–Crippen MR) is 137 cm³/mol. The molecular weight excluding hydrogens is 440 g/mol. The van der Waals surface area contributed by atoms with E-state index in [2.05, 4.69) is 11.9 Å². The number of aryl methyl sites for hydroxylation is 2. The third-order valence-electron chi connectivity index (χ3n) is 6.65. The fourth-order valence-electron chi connectivity index (χ4n) is 4.90. The molecule has 1 fully saturated rings. The fraction of sp³-hybridized carbons (Fsp3) is 0.172. The number of carbonyl (C=O) groups excluding carboxylic acids is 2. The van der Waals surface area contributed by atoms with Crippen molar-refractivity contribution in [1.82, 2.24) is 4.98 Å². The summed E-state index contributed by atoms with van der Waals surface area (Å²) >= 11 is 0. The second-order valence-electron chi connectivity index (χ2n) is 8.60. The van der Waals surface area contributed by atoms with Gasteiger partial charge in [0.05, 0.1) is 24.3 Å². The van der Waals surface area contributed by atoms with E-state index in [4.69, 9.17) is 4.74 Å². The van der Waals surface area contributed by atoms with E-state index < -0.39 is 17.7 Å². The number of ketones is 1. The van der Waals surface area contributed by atoms with Crippen LogP contribution in [-0.4, -0.2) is 28.9 Å². The first kappa shape index (κ1) is 22.5. The summed E-state index contributed by atoms with van der Waals surface area (Å²) in [7, 11) is 1.50. The molecule has 3 aromatic carbocycles. The zero-order chi connectivity index (χ0) is 24.7. The number of hydrogen-bond acceptors (Lipinski definition) is 4. The van der Waals surface area contributed by atoms with E-state index in [1.807, 2.05) is 55.5 Å². The van der Waals surface area contributed by atoms with Crippen LogP contribution in [-0.2, 0) is 16.0 Å². The number of methoxy groups -OCH3 is 1. The van der Waals surface area contributed by atoms with E-state index in [9.17, 15) is 14.7 Å². The summed E-state index contributed by atoms with van der Waals surface area (Å²) in [6.45, 7) is 3.97. The summed E-state index contributed by atoms with van der Waals surface area (Å²) in [5, 5.41) is 12.4. The van der Waals surface area contributed by atoms with Crippen molar-refractivity contribution in [3.8, 4) is 5.75 Å². The van der Waals surface area contributed by atoms with E-state index in [-0.39, 0.29) is 11.3 Å².